The van der Waals surface area contributed by atoms with Gasteiger partial charge < -0.3 is 40.3 Å². The Morgan fingerprint density at radius 1 is 0.702 bits per heavy atom. The molecule has 1 saturated heterocycles. The van der Waals surface area contributed by atoms with E-state index in [1.54, 1.807) is 0 Å². The van der Waals surface area contributed by atoms with E-state index in [0.717, 1.165) is 32.1 Å². The molecule has 47 heavy (non-hydrogen) atoms. The van der Waals surface area contributed by atoms with Crippen molar-refractivity contribution >= 4 is 5.91 Å². The van der Waals surface area contributed by atoms with E-state index in [9.17, 15) is 30.3 Å². The lowest BCUT2D eigenvalue weighted by Gasteiger charge is -2.40. The van der Waals surface area contributed by atoms with Crippen LogP contribution in [-0.2, 0) is 14.3 Å². The van der Waals surface area contributed by atoms with Crippen molar-refractivity contribution in [2.75, 3.05) is 13.2 Å². The molecule has 1 aliphatic rings. The number of unbranched alkanes of at least 4 members (excludes halogenated alkanes) is 19. The number of hydrogen-bond donors (Lipinski definition) is 6. The maximum atomic E-state index is 12.8. The fourth-order valence-electron chi connectivity index (χ4n) is 6.16. The molecule has 0 aromatic carbocycles. The summed E-state index contributed by atoms with van der Waals surface area (Å²) in [4.78, 5) is 12.8. The Balaban J connectivity index is 2.41. The summed E-state index contributed by atoms with van der Waals surface area (Å²) in [5.41, 5.74) is 0. The van der Waals surface area contributed by atoms with Gasteiger partial charge in [0.2, 0.25) is 5.91 Å². The van der Waals surface area contributed by atoms with Gasteiger partial charge in [-0.2, -0.15) is 0 Å². The Kier molecular flexibility index (Phi) is 27.9. The molecular formula is C38H73NO8. The van der Waals surface area contributed by atoms with Gasteiger partial charge in [-0.05, 0) is 32.1 Å². The van der Waals surface area contributed by atoms with Gasteiger partial charge in [0.15, 0.2) is 6.29 Å². The lowest BCUT2D eigenvalue weighted by atomic mass is 9.99. The van der Waals surface area contributed by atoms with Gasteiger partial charge in [-0.25, -0.2) is 0 Å². The zero-order chi connectivity index (χ0) is 34.5. The van der Waals surface area contributed by atoms with Gasteiger partial charge >= 0.3 is 0 Å². The summed E-state index contributed by atoms with van der Waals surface area (Å²) < 4.78 is 11.2. The minimum atomic E-state index is -1.55. The first-order valence-corrected chi connectivity index (χ1v) is 19.4. The van der Waals surface area contributed by atoms with Crippen molar-refractivity contribution in [3.05, 3.63) is 12.2 Å². The van der Waals surface area contributed by atoms with Crippen LogP contribution in [0.5, 0.6) is 0 Å². The Labute approximate surface area is 286 Å². The van der Waals surface area contributed by atoms with E-state index < -0.39 is 49.5 Å². The van der Waals surface area contributed by atoms with Crippen LogP contribution in [0.15, 0.2) is 12.2 Å². The minimum absolute atomic E-state index is 0.147. The van der Waals surface area contributed by atoms with Crippen molar-refractivity contribution < 1.29 is 39.8 Å². The zero-order valence-corrected chi connectivity index (χ0v) is 30.0. The predicted molar refractivity (Wildman–Crippen MR) is 189 cm³/mol. The summed E-state index contributed by atoms with van der Waals surface area (Å²) in [6.07, 6.45) is 23.7. The van der Waals surface area contributed by atoms with Crippen LogP contribution in [0.3, 0.4) is 0 Å². The summed E-state index contributed by atoms with van der Waals surface area (Å²) in [6.45, 7) is 3.76. The molecule has 6 N–H and O–H groups in total. The second kappa shape index (κ2) is 29.8. The molecule has 0 saturated carbocycles. The largest absolute Gasteiger partial charge is 0.394 e. The summed E-state index contributed by atoms with van der Waals surface area (Å²) in [7, 11) is 0. The number of carbonyl (C=O) groups is 1. The van der Waals surface area contributed by atoms with Gasteiger partial charge in [-0.3, -0.25) is 4.79 Å². The Morgan fingerprint density at radius 3 is 1.72 bits per heavy atom. The third-order valence-electron chi connectivity index (χ3n) is 9.37. The number of nitrogens with one attached hydrogen (secondary N) is 1. The van der Waals surface area contributed by atoms with E-state index in [-0.39, 0.29) is 12.5 Å². The van der Waals surface area contributed by atoms with Gasteiger partial charge in [-0.15, -0.1) is 0 Å². The summed E-state index contributed by atoms with van der Waals surface area (Å²) in [5.74, 6) is -0.181. The van der Waals surface area contributed by atoms with Crippen molar-refractivity contribution in [2.45, 2.75) is 211 Å². The number of allylic oxidation sites excluding steroid dienone is 2. The summed E-state index contributed by atoms with van der Waals surface area (Å²) >= 11 is 0. The number of ether oxygens (including phenoxy) is 2. The molecule has 1 fully saturated rings. The van der Waals surface area contributed by atoms with Crippen molar-refractivity contribution in [1.82, 2.24) is 5.32 Å². The molecule has 1 heterocycles. The Morgan fingerprint density at radius 2 is 1.19 bits per heavy atom. The van der Waals surface area contributed by atoms with Crippen LogP contribution >= 0.6 is 0 Å². The molecule has 0 aliphatic carbocycles. The first-order valence-electron chi connectivity index (χ1n) is 19.4. The van der Waals surface area contributed by atoms with Crippen LogP contribution in [0.25, 0.3) is 0 Å². The highest BCUT2D eigenvalue weighted by Crippen LogP contribution is 2.23. The van der Waals surface area contributed by atoms with Gasteiger partial charge in [0.25, 0.3) is 0 Å². The predicted octanol–water partition coefficient (Wildman–Crippen LogP) is 6.61. The summed E-state index contributed by atoms with van der Waals surface area (Å²) in [5, 5.41) is 53.9. The molecule has 7 unspecified atom stereocenters. The molecule has 9 heteroatoms. The Hall–Kier alpha value is -1.07. The highest BCUT2D eigenvalue weighted by Gasteiger charge is 2.44. The van der Waals surface area contributed by atoms with Gasteiger partial charge in [0.1, 0.15) is 24.4 Å². The molecule has 0 spiro atoms. The van der Waals surface area contributed by atoms with Gasteiger partial charge in [0, 0.05) is 6.42 Å². The molecule has 7 atom stereocenters. The lowest BCUT2D eigenvalue weighted by Crippen LogP contribution is -2.60. The van der Waals surface area contributed by atoms with E-state index in [0.29, 0.717) is 19.3 Å². The molecule has 0 bridgehead atoms. The average Bonchev–Trinajstić information content (AvgIpc) is 3.07. The van der Waals surface area contributed by atoms with E-state index in [2.05, 4.69) is 31.3 Å². The van der Waals surface area contributed by atoms with E-state index >= 15 is 0 Å². The van der Waals surface area contributed by atoms with Crippen molar-refractivity contribution in [3.8, 4) is 0 Å². The van der Waals surface area contributed by atoms with Crippen LogP contribution in [0.2, 0.25) is 0 Å². The molecule has 0 radical (unpaired) electrons. The van der Waals surface area contributed by atoms with Gasteiger partial charge in [-0.1, -0.05) is 142 Å². The standard InChI is InChI=1S/C38H73NO8/c1-3-5-7-9-11-13-14-15-16-17-18-20-21-23-25-27-32(41)31(30-46-38-37(45)36(44)35(43)33(29-40)47-38)39-34(42)28-26-24-22-19-12-10-8-6-4-2/h19,22,31-33,35-38,40-41,43-45H,3-18,20-21,23-30H2,1-2H3,(H,39,42)/b22-19-. The van der Waals surface area contributed by atoms with Gasteiger partial charge in [0.05, 0.1) is 25.4 Å². The molecule has 0 aromatic heterocycles. The quantitative estimate of drug-likeness (QED) is 0.0357. The monoisotopic (exact) mass is 672 g/mol. The fraction of sp³-hybridized carbons (Fsp3) is 0.921. The maximum Gasteiger partial charge on any atom is 0.220 e. The molecule has 278 valence electrons. The zero-order valence-electron chi connectivity index (χ0n) is 30.0. The van der Waals surface area contributed by atoms with E-state index in [1.807, 2.05) is 0 Å². The first-order chi connectivity index (χ1) is 22.8. The third kappa shape index (κ3) is 21.6. The SMILES string of the molecule is CCCCCC/C=C\CCCC(=O)NC(COC1OC(CO)C(O)C(O)C1O)C(O)CCCCCCCCCCCCCCCCC. The molecule has 1 rings (SSSR count). The Bertz CT molecular complexity index is 751. The summed E-state index contributed by atoms with van der Waals surface area (Å²) in [6, 6.07) is -0.726. The molecular weight excluding hydrogens is 598 g/mol. The molecule has 1 amide bonds. The number of aliphatic hydroxyl groups is 5. The lowest BCUT2D eigenvalue weighted by molar-refractivity contribution is -0.302. The van der Waals surface area contributed by atoms with Crippen molar-refractivity contribution in [2.24, 2.45) is 0 Å². The minimum Gasteiger partial charge on any atom is -0.394 e. The van der Waals surface area contributed by atoms with Crippen LogP contribution in [0, 0.1) is 0 Å². The first kappa shape index (κ1) is 44.0. The fourth-order valence-corrected chi connectivity index (χ4v) is 6.16. The van der Waals surface area contributed by atoms with Crippen molar-refractivity contribution in [1.29, 1.82) is 0 Å². The average molecular weight is 672 g/mol. The number of amides is 1. The highest BCUT2D eigenvalue weighted by atomic mass is 16.7. The van der Waals surface area contributed by atoms with Crippen LogP contribution in [-0.4, -0.2) is 87.5 Å². The third-order valence-corrected chi connectivity index (χ3v) is 9.37. The maximum absolute atomic E-state index is 12.8. The molecule has 9 nitrogen and oxygen atoms in total. The smallest absolute Gasteiger partial charge is 0.220 e. The number of rotatable bonds is 31. The molecule has 0 aromatic rings. The van der Waals surface area contributed by atoms with Crippen LogP contribution in [0.1, 0.15) is 168 Å². The number of hydrogen-bond acceptors (Lipinski definition) is 8. The van der Waals surface area contributed by atoms with Crippen molar-refractivity contribution in [3.63, 3.8) is 0 Å². The highest BCUT2D eigenvalue weighted by molar-refractivity contribution is 5.76. The number of carbonyl (C=O) groups excluding carboxylic acids is 1. The second-order valence-corrected chi connectivity index (χ2v) is 13.7. The second-order valence-electron chi connectivity index (χ2n) is 13.7. The van der Waals surface area contributed by atoms with Crippen LogP contribution < -0.4 is 5.32 Å². The number of aliphatic hydroxyl groups excluding tert-OH is 5. The molecule has 1 aliphatic heterocycles. The van der Waals surface area contributed by atoms with Crippen LogP contribution in [0.4, 0.5) is 0 Å². The van der Waals surface area contributed by atoms with E-state index in [4.69, 9.17) is 9.47 Å². The topological polar surface area (TPSA) is 149 Å². The normalized spacial score (nSPS) is 22.9. The van der Waals surface area contributed by atoms with E-state index in [1.165, 1.54) is 103 Å².